The van der Waals surface area contributed by atoms with Crippen LogP contribution in [0.1, 0.15) is 11.1 Å². The van der Waals surface area contributed by atoms with Gasteiger partial charge < -0.3 is 10.1 Å². The number of aryl methyl sites for hydroxylation is 2. The molecule has 7 heteroatoms. The van der Waals surface area contributed by atoms with Crippen LogP contribution < -0.4 is 14.4 Å². The van der Waals surface area contributed by atoms with Gasteiger partial charge in [-0.1, -0.05) is 54.6 Å². The lowest BCUT2D eigenvalue weighted by atomic mass is 10.0. The zero-order valence-electron chi connectivity index (χ0n) is 18.3. The van der Waals surface area contributed by atoms with Crippen molar-refractivity contribution in [3.63, 3.8) is 0 Å². The summed E-state index contributed by atoms with van der Waals surface area (Å²) in [4.78, 5) is 13.5. The summed E-state index contributed by atoms with van der Waals surface area (Å²) >= 11 is 0. The molecule has 170 valence electrons. The molecule has 34 heavy (non-hydrogen) atoms. The number of nitrogens with one attached hydrogen (secondary N) is 1. The number of anilines is 2. The molecule has 1 amide bonds. The molecule has 0 saturated heterocycles. The Morgan fingerprint density at radius 1 is 0.853 bits per heavy atom. The smallest absolute Gasteiger partial charge is 0.267 e. The van der Waals surface area contributed by atoms with Gasteiger partial charge in [-0.2, -0.15) is 0 Å². The Bertz CT molecular complexity index is 1520. The fraction of sp³-hybridized carbons (Fsp3) is 0.148. The van der Waals surface area contributed by atoms with E-state index >= 15 is 0 Å². The van der Waals surface area contributed by atoms with Crippen LogP contribution in [0.4, 0.5) is 11.4 Å². The third-order valence-electron chi connectivity index (χ3n) is 6.49. The summed E-state index contributed by atoms with van der Waals surface area (Å²) in [6.45, 7) is -0.124. The molecule has 1 atom stereocenters. The number of nitrogens with zero attached hydrogens (tertiary/aromatic N) is 1. The largest absolute Gasteiger partial charge is 0.476 e. The summed E-state index contributed by atoms with van der Waals surface area (Å²) in [5.74, 6) is -0.0321. The molecule has 6 rings (SSSR count). The Labute approximate surface area is 197 Å². The van der Waals surface area contributed by atoms with E-state index in [1.807, 2.05) is 18.2 Å². The van der Waals surface area contributed by atoms with Crippen LogP contribution in [0.2, 0.25) is 0 Å². The number of ether oxygens (including phenoxy) is 1. The first-order valence-corrected chi connectivity index (χ1v) is 12.6. The number of rotatable bonds is 4. The number of amides is 1. The van der Waals surface area contributed by atoms with Crippen molar-refractivity contribution in [3.8, 4) is 5.75 Å². The molecule has 0 radical (unpaired) electrons. The summed E-state index contributed by atoms with van der Waals surface area (Å²) < 4.78 is 34.2. The highest BCUT2D eigenvalue weighted by atomic mass is 32.2. The summed E-state index contributed by atoms with van der Waals surface area (Å²) in [6, 6.07) is 25.2. The highest BCUT2D eigenvalue weighted by Gasteiger charge is 2.37. The molecule has 2 aliphatic rings. The SMILES string of the molecule is O=C(Nc1ccc2c3c(cccc13)CC2)[C@@H]1CN(S(=O)(=O)c2ccccc2)c2ccccc2O1. The van der Waals surface area contributed by atoms with Crippen molar-refractivity contribution in [2.75, 3.05) is 16.2 Å². The molecule has 6 nitrogen and oxygen atoms in total. The average molecular weight is 471 g/mol. The standard InChI is InChI=1S/C27H22N2O4S/c30-27(28-22-16-15-19-14-13-18-7-6-10-21(22)26(18)19)25-17-29(23-11-4-5-12-24(23)33-25)34(31,32)20-8-2-1-3-9-20/h1-12,15-16,25H,13-14,17H2,(H,28,30)/t25-/m0/s1. The second-order valence-corrected chi connectivity index (χ2v) is 10.4. The fourth-order valence-electron chi connectivity index (χ4n) is 4.86. The van der Waals surface area contributed by atoms with E-state index in [0.29, 0.717) is 17.1 Å². The maximum absolute atomic E-state index is 13.5. The van der Waals surface area contributed by atoms with Gasteiger partial charge in [0.25, 0.3) is 15.9 Å². The van der Waals surface area contributed by atoms with Crippen molar-refractivity contribution in [2.45, 2.75) is 23.8 Å². The number of fused-ring (bicyclic) bond motifs is 1. The van der Waals surface area contributed by atoms with E-state index in [1.54, 1.807) is 54.6 Å². The van der Waals surface area contributed by atoms with Crippen LogP contribution in [-0.2, 0) is 27.7 Å². The van der Waals surface area contributed by atoms with Gasteiger partial charge in [0.15, 0.2) is 6.10 Å². The minimum atomic E-state index is -3.88. The van der Waals surface area contributed by atoms with Gasteiger partial charge in [0.2, 0.25) is 0 Å². The van der Waals surface area contributed by atoms with E-state index in [1.165, 1.54) is 20.8 Å². The summed E-state index contributed by atoms with van der Waals surface area (Å²) in [7, 11) is -3.88. The molecular formula is C27H22N2O4S. The quantitative estimate of drug-likeness (QED) is 0.475. The van der Waals surface area contributed by atoms with E-state index < -0.39 is 16.1 Å². The van der Waals surface area contributed by atoms with Gasteiger partial charge in [0.05, 0.1) is 17.1 Å². The molecule has 0 aromatic heterocycles. The Balaban J connectivity index is 1.35. The lowest BCUT2D eigenvalue weighted by molar-refractivity contribution is -0.122. The van der Waals surface area contributed by atoms with Gasteiger partial charge in [0.1, 0.15) is 5.75 Å². The van der Waals surface area contributed by atoms with Gasteiger partial charge >= 0.3 is 0 Å². The summed E-state index contributed by atoms with van der Waals surface area (Å²) in [5.41, 5.74) is 3.69. The molecule has 1 aliphatic heterocycles. The second kappa shape index (κ2) is 7.88. The number of carbonyl (C=O) groups excluding carboxylic acids is 1. The maximum atomic E-state index is 13.5. The fourth-order valence-corrected chi connectivity index (χ4v) is 6.35. The first kappa shape index (κ1) is 20.7. The Hall–Kier alpha value is -3.84. The van der Waals surface area contributed by atoms with Crippen LogP contribution in [0.25, 0.3) is 10.8 Å². The molecule has 0 saturated carbocycles. The van der Waals surface area contributed by atoms with E-state index in [-0.39, 0.29) is 17.3 Å². The van der Waals surface area contributed by atoms with Crippen molar-refractivity contribution >= 4 is 38.1 Å². The topological polar surface area (TPSA) is 75.7 Å². The first-order valence-electron chi connectivity index (χ1n) is 11.2. The summed E-state index contributed by atoms with van der Waals surface area (Å²) in [6.07, 6.45) is 0.995. The maximum Gasteiger partial charge on any atom is 0.267 e. The van der Waals surface area contributed by atoms with Crippen LogP contribution in [-0.4, -0.2) is 27.0 Å². The van der Waals surface area contributed by atoms with Gasteiger partial charge in [-0.05, 0) is 59.7 Å². The molecule has 0 unspecified atom stereocenters. The van der Waals surface area contributed by atoms with E-state index in [4.69, 9.17) is 4.74 Å². The molecule has 4 aromatic carbocycles. The normalized spacial score (nSPS) is 16.7. The van der Waals surface area contributed by atoms with Crippen LogP contribution in [0.3, 0.4) is 0 Å². The third-order valence-corrected chi connectivity index (χ3v) is 8.29. The van der Waals surface area contributed by atoms with E-state index in [0.717, 1.165) is 18.2 Å². The van der Waals surface area contributed by atoms with Crippen LogP contribution >= 0.6 is 0 Å². The molecule has 4 aromatic rings. The van der Waals surface area contributed by atoms with Crippen molar-refractivity contribution in [3.05, 3.63) is 96.1 Å². The molecule has 0 fully saturated rings. The molecule has 1 N–H and O–H groups in total. The van der Waals surface area contributed by atoms with Crippen molar-refractivity contribution in [2.24, 2.45) is 0 Å². The lowest BCUT2D eigenvalue weighted by Crippen LogP contribution is -2.48. The Morgan fingerprint density at radius 2 is 1.59 bits per heavy atom. The Morgan fingerprint density at radius 3 is 2.41 bits per heavy atom. The zero-order valence-corrected chi connectivity index (χ0v) is 19.1. The lowest BCUT2D eigenvalue weighted by Gasteiger charge is -2.34. The van der Waals surface area contributed by atoms with Crippen LogP contribution in [0.15, 0.2) is 89.8 Å². The minimum Gasteiger partial charge on any atom is -0.476 e. The number of hydrogen-bond donors (Lipinski definition) is 1. The number of benzene rings is 4. The monoisotopic (exact) mass is 470 g/mol. The number of sulfonamides is 1. The van der Waals surface area contributed by atoms with Gasteiger partial charge in [-0.3, -0.25) is 9.10 Å². The highest BCUT2D eigenvalue weighted by molar-refractivity contribution is 7.92. The van der Waals surface area contributed by atoms with E-state index in [2.05, 4.69) is 17.4 Å². The van der Waals surface area contributed by atoms with Gasteiger partial charge in [-0.15, -0.1) is 0 Å². The highest BCUT2D eigenvalue weighted by Crippen LogP contribution is 2.38. The average Bonchev–Trinajstić information content (AvgIpc) is 3.30. The molecular weight excluding hydrogens is 448 g/mol. The number of para-hydroxylation sites is 2. The zero-order chi connectivity index (χ0) is 23.3. The first-order chi connectivity index (χ1) is 16.5. The number of carbonyl (C=O) groups is 1. The molecule has 1 aliphatic carbocycles. The van der Waals surface area contributed by atoms with Crippen molar-refractivity contribution in [1.82, 2.24) is 0 Å². The molecule has 0 bridgehead atoms. The Kier molecular flexibility index (Phi) is 4.81. The predicted octanol–water partition coefficient (Wildman–Crippen LogP) is 4.53. The van der Waals surface area contributed by atoms with Crippen molar-refractivity contribution in [1.29, 1.82) is 0 Å². The second-order valence-electron chi connectivity index (χ2n) is 8.52. The number of hydrogen-bond acceptors (Lipinski definition) is 4. The van der Waals surface area contributed by atoms with Gasteiger partial charge in [-0.25, -0.2) is 8.42 Å². The minimum absolute atomic E-state index is 0.124. The van der Waals surface area contributed by atoms with Crippen LogP contribution in [0, 0.1) is 0 Å². The van der Waals surface area contributed by atoms with Crippen LogP contribution in [0.5, 0.6) is 5.75 Å². The van der Waals surface area contributed by atoms with Crippen molar-refractivity contribution < 1.29 is 17.9 Å². The van der Waals surface area contributed by atoms with Gasteiger partial charge in [0, 0.05) is 11.1 Å². The molecule has 1 heterocycles. The third kappa shape index (κ3) is 3.31. The summed E-state index contributed by atoms with van der Waals surface area (Å²) in [5, 5.41) is 5.18. The molecule has 0 spiro atoms. The predicted molar refractivity (Wildman–Crippen MR) is 132 cm³/mol. The van der Waals surface area contributed by atoms with E-state index in [9.17, 15) is 13.2 Å².